The van der Waals surface area contributed by atoms with Crippen molar-refractivity contribution in [3.63, 3.8) is 0 Å². The van der Waals surface area contributed by atoms with Crippen LogP contribution in [0.2, 0.25) is 0 Å². The van der Waals surface area contributed by atoms with E-state index >= 15 is 0 Å². The molecule has 1 saturated heterocycles. The van der Waals surface area contributed by atoms with Crippen molar-refractivity contribution >= 4 is 11.6 Å². The third-order valence-electron chi connectivity index (χ3n) is 6.12. The number of hydrogen-bond donors (Lipinski definition) is 1. The molecule has 0 saturated carbocycles. The van der Waals surface area contributed by atoms with Crippen LogP contribution in [-0.4, -0.2) is 42.5 Å². The van der Waals surface area contributed by atoms with Crippen molar-refractivity contribution in [1.29, 1.82) is 0 Å². The Bertz CT molecular complexity index is 1010. The Hall–Kier alpha value is -3.18. The minimum absolute atomic E-state index is 0.0440. The van der Waals surface area contributed by atoms with Crippen LogP contribution in [0, 0.1) is 5.82 Å². The molecular weight excluding hydrogens is 401 g/mol. The highest BCUT2D eigenvalue weighted by Crippen LogP contribution is 2.22. The molecule has 1 heterocycles. The maximum atomic E-state index is 14.0. The molecule has 1 unspecified atom stereocenters. The molecule has 5 heteroatoms. The highest BCUT2D eigenvalue weighted by molar-refractivity contribution is 5.77. The molecule has 2 N–H and O–H groups in total. The van der Waals surface area contributed by atoms with E-state index in [2.05, 4.69) is 29.2 Å². The van der Waals surface area contributed by atoms with E-state index < -0.39 is 6.04 Å². The average Bonchev–Trinajstić information content (AvgIpc) is 2.82. The quantitative estimate of drug-likeness (QED) is 0.614. The summed E-state index contributed by atoms with van der Waals surface area (Å²) in [5.41, 5.74) is 9.22. The largest absolute Gasteiger partial charge is 0.368 e. The number of carbonyl (C=O) groups is 1. The number of nitrogens with zero attached hydrogens (tertiary/aromatic N) is 2. The molecular formula is C27H30FN3O. The van der Waals surface area contributed by atoms with Crippen LogP contribution in [0.15, 0.2) is 84.9 Å². The maximum absolute atomic E-state index is 14.0. The fourth-order valence-electron chi connectivity index (χ4n) is 4.48. The predicted octanol–water partition coefficient (Wildman–Crippen LogP) is 4.05. The fraction of sp³-hybridized carbons (Fsp3) is 0.296. The van der Waals surface area contributed by atoms with Gasteiger partial charge in [0.1, 0.15) is 5.82 Å². The standard InChI is InChI=1S/C27H30FN3O/c28-26-14-8-7-11-22(26)18-23(29)19-27(32)31-16-15-30(24-12-5-2-6-13-24)20-25(31)17-21-9-3-1-4-10-21/h1-14,23,25H,15-20,29H2/t23-,25?/m1/s1. The van der Waals surface area contributed by atoms with Crippen molar-refractivity contribution in [2.75, 3.05) is 24.5 Å². The third-order valence-corrected chi connectivity index (χ3v) is 6.12. The normalized spacial score (nSPS) is 17.2. The van der Waals surface area contributed by atoms with E-state index in [9.17, 15) is 9.18 Å². The lowest BCUT2D eigenvalue weighted by molar-refractivity contribution is -0.134. The van der Waals surface area contributed by atoms with Crippen LogP contribution in [-0.2, 0) is 17.6 Å². The maximum Gasteiger partial charge on any atom is 0.224 e. The van der Waals surface area contributed by atoms with Gasteiger partial charge in [-0.1, -0.05) is 66.7 Å². The van der Waals surface area contributed by atoms with Crippen molar-refractivity contribution in [3.8, 4) is 0 Å². The molecule has 3 aromatic rings. The van der Waals surface area contributed by atoms with Crippen molar-refractivity contribution in [2.45, 2.75) is 31.3 Å². The van der Waals surface area contributed by atoms with E-state index in [0.717, 1.165) is 19.5 Å². The highest BCUT2D eigenvalue weighted by atomic mass is 19.1. The van der Waals surface area contributed by atoms with Crippen LogP contribution in [0.3, 0.4) is 0 Å². The number of amides is 1. The first-order chi connectivity index (χ1) is 15.6. The minimum atomic E-state index is -0.413. The van der Waals surface area contributed by atoms with E-state index in [4.69, 9.17) is 5.73 Å². The molecule has 1 aliphatic heterocycles. The first-order valence-electron chi connectivity index (χ1n) is 11.2. The molecule has 1 aliphatic rings. The molecule has 3 aromatic carbocycles. The molecule has 32 heavy (non-hydrogen) atoms. The van der Waals surface area contributed by atoms with Crippen LogP contribution >= 0.6 is 0 Å². The first-order valence-corrected chi connectivity index (χ1v) is 11.2. The number of rotatable bonds is 7. The third kappa shape index (κ3) is 5.54. The van der Waals surface area contributed by atoms with Crippen LogP contribution in [0.25, 0.3) is 0 Å². The number of piperazine rings is 1. The zero-order chi connectivity index (χ0) is 22.3. The summed E-state index contributed by atoms with van der Waals surface area (Å²) >= 11 is 0. The van der Waals surface area contributed by atoms with Gasteiger partial charge >= 0.3 is 0 Å². The minimum Gasteiger partial charge on any atom is -0.368 e. The zero-order valence-electron chi connectivity index (χ0n) is 18.2. The van der Waals surface area contributed by atoms with Gasteiger partial charge in [0, 0.05) is 37.8 Å². The highest BCUT2D eigenvalue weighted by Gasteiger charge is 2.31. The molecule has 0 aliphatic carbocycles. The molecule has 4 nitrogen and oxygen atoms in total. The van der Waals surface area contributed by atoms with Crippen LogP contribution < -0.4 is 10.6 Å². The summed E-state index contributed by atoms with van der Waals surface area (Å²) in [4.78, 5) is 17.6. The fourth-order valence-corrected chi connectivity index (χ4v) is 4.48. The van der Waals surface area contributed by atoms with Crippen molar-refractivity contribution in [3.05, 3.63) is 102 Å². The summed E-state index contributed by atoms with van der Waals surface area (Å²) in [5, 5.41) is 0. The second-order valence-corrected chi connectivity index (χ2v) is 8.47. The smallest absolute Gasteiger partial charge is 0.224 e. The molecule has 0 bridgehead atoms. The van der Waals surface area contributed by atoms with Gasteiger partial charge in [0.25, 0.3) is 0 Å². The monoisotopic (exact) mass is 431 g/mol. The zero-order valence-corrected chi connectivity index (χ0v) is 18.2. The lowest BCUT2D eigenvalue weighted by Gasteiger charge is -2.43. The summed E-state index contributed by atoms with van der Waals surface area (Å²) in [7, 11) is 0. The number of carbonyl (C=O) groups excluding carboxylic acids is 1. The Morgan fingerprint density at radius 1 is 0.938 bits per heavy atom. The lowest BCUT2D eigenvalue weighted by Crippen LogP contribution is -2.56. The second-order valence-electron chi connectivity index (χ2n) is 8.47. The van der Waals surface area contributed by atoms with Gasteiger partial charge in [0.05, 0.1) is 6.04 Å². The van der Waals surface area contributed by atoms with E-state index in [1.807, 2.05) is 41.3 Å². The van der Waals surface area contributed by atoms with Crippen LogP contribution in [0.1, 0.15) is 17.5 Å². The van der Waals surface area contributed by atoms with E-state index in [1.165, 1.54) is 17.3 Å². The Morgan fingerprint density at radius 2 is 1.59 bits per heavy atom. The van der Waals surface area contributed by atoms with Crippen LogP contribution in [0.4, 0.5) is 10.1 Å². The summed E-state index contributed by atoms with van der Waals surface area (Å²) in [6, 6.07) is 26.9. The van der Waals surface area contributed by atoms with E-state index in [-0.39, 0.29) is 24.2 Å². The van der Waals surface area contributed by atoms with Gasteiger partial charge in [0.15, 0.2) is 0 Å². The van der Waals surface area contributed by atoms with Crippen molar-refractivity contribution in [1.82, 2.24) is 4.90 Å². The van der Waals surface area contributed by atoms with Gasteiger partial charge < -0.3 is 15.5 Å². The van der Waals surface area contributed by atoms with Crippen LogP contribution in [0.5, 0.6) is 0 Å². The number of hydrogen-bond acceptors (Lipinski definition) is 3. The number of benzene rings is 3. The lowest BCUT2D eigenvalue weighted by atomic mass is 9.99. The molecule has 0 spiro atoms. The van der Waals surface area contributed by atoms with Gasteiger partial charge in [-0.2, -0.15) is 0 Å². The summed E-state index contributed by atoms with van der Waals surface area (Å²) in [6.07, 6.45) is 1.36. The Balaban J connectivity index is 1.46. The molecule has 2 atom stereocenters. The molecule has 0 aromatic heterocycles. The van der Waals surface area contributed by atoms with Gasteiger partial charge in [0.2, 0.25) is 5.91 Å². The van der Waals surface area contributed by atoms with Gasteiger partial charge in [-0.3, -0.25) is 4.79 Å². The number of nitrogens with two attached hydrogens (primary N) is 1. The van der Waals surface area contributed by atoms with Gasteiger partial charge in [-0.05, 0) is 42.2 Å². The second kappa shape index (κ2) is 10.4. The Labute approximate surface area is 189 Å². The number of anilines is 1. The summed E-state index contributed by atoms with van der Waals surface area (Å²) < 4.78 is 14.0. The average molecular weight is 432 g/mol. The Kier molecular flexibility index (Phi) is 7.17. The van der Waals surface area contributed by atoms with Gasteiger partial charge in [-0.15, -0.1) is 0 Å². The predicted molar refractivity (Wildman–Crippen MR) is 127 cm³/mol. The topological polar surface area (TPSA) is 49.6 Å². The number of halogens is 1. The first kappa shape index (κ1) is 22.0. The summed E-state index contributed by atoms with van der Waals surface area (Å²) in [6.45, 7) is 2.20. The van der Waals surface area contributed by atoms with Crippen molar-refractivity contribution in [2.24, 2.45) is 5.73 Å². The molecule has 0 radical (unpaired) electrons. The molecule has 1 fully saturated rings. The molecule has 4 rings (SSSR count). The molecule has 1 amide bonds. The van der Waals surface area contributed by atoms with E-state index in [1.54, 1.807) is 18.2 Å². The van der Waals surface area contributed by atoms with E-state index in [0.29, 0.717) is 18.5 Å². The molecule has 166 valence electrons. The Morgan fingerprint density at radius 3 is 2.31 bits per heavy atom. The van der Waals surface area contributed by atoms with Gasteiger partial charge in [-0.25, -0.2) is 4.39 Å². The number of para-hydroxylation sites is 1. The SMILES string of the molecule is N[C@@H](CC(=O)N1CCN(c2ccccc2)CC1Cc1ccccc1)Cc1ccccc1F. The summed E-state index contributed by atoms with van der Waals surface area (Å²) in [5.74, 6) is -0.226. The van der Waals surface area contributed by atoms with Crippen molar-refractivity contribution < 1.29 is 9.18 Å².